The molecule has 0 amide bonds. The number of nitrogens with two attached hydrogens (primary N) is 1. The number of allylic oxidation sites excluding steroid dienone is 18. The van der Waals surface area contributed by atoms with Gasteiger partial charge in [-0.15, -0.1) is 0 Å². The number of hydrogen-bond donors (Lipinski definition) is 3. The summed E-state index contributed by atoms with van der Waals surface area (Å²) < 4.78 is 32.4. The summed E-state index contributed by atoms with van der Waals surface area (Å²) in [7, 11) is -4.74. The van der Waals surface area contributed by atoms with E-state index in [4.69, 9.17) is 24.8 Å². The van der Waals surface area contributed by atoms with Gasteiger partial charge < -0.3 is 25.2 Å². The van der Waals surface area contributed by atoms with Crippen molar-refractivity contribution in [3.8, 4) is 0 Å². The summed E-state index contributed by atoms with van der Waals surface area (Å²) in [6.07, 6.45) is 43.2. The average Bonchev–Trinajstić information content (AvgIpc) is 3.12. The molecule has 0 radical (unpaired) electrons. The lowest BCUT2D eigenvalue weighted by Crippen LogP contribution is -2.34. The van der Waals surface area contributed by atoms with Crippen molar-refractivity contribution < 1.29 is 47.5 Å². The lowest BCUT2D eigenvalue weighted by molar-refractivity contribution is -0.161. The first-order chi connectivity index (χ1) is 25.1. The van der Waals surface area contributed by atoms with Crippen molar-refractivity contribution in [2.24, 2.45) is 5.73 Å². The van der Waals surface area contributed by atoms with Crippen LogP contribution in [-0.4, -0.2) is 59.9 Å². The highest BCUT2D eigenvalue weighted by atomic mass is 31.2. The number of hydrogen-bond acceptors (Lipinski definition) is 9. The summed E-state index contributed by atoms with van der Waals surface area (Å²) >= 11 is 0. The second-order valence-corrected chi connectivity index (χ2v) is 12.9. The summed E-state index contributed by atoms with van der Waals surface area (Å²) in [6.45, 7) is 2.36. The van der Waals surface area contributed by atoms with Crippen LogP contribution in [0, 0.1) is 0 Å². The van der Waals surface area contributed by atoms with Gasteiger partial charge in [0.1, 0.15) is 12.6 Å². The molecule has 0 aromatic heterocycles. The van der Waals surface area contributed by atoms with Crippen molar-refractivity contribution in [1.29, 1.82) is 0 Å². The van der Waals surface area contributed by atoms with E-state index in [9.17, 15) is 23.8 Å². The normalized spacial score (nSPS) is 15.2. The minimum absolute atomic E-state index is 0.0516. The molecule has 0 bridgehead atoms. The summed E-state index contributed by atoms with van der Waals surface area (Å²) in [5, 5.41) is 8.85. The van der Waals surface area contributed by atoms with E-state index in [1.54, 1.807) is 0 Å². The van der Waals surface area contributed by atoms with E-state index >= 15 is 0 Å². The second kappa shape index (κ2) is 34.2. The van der Waals surface area contributed by atoms with Gasteiger partial charge in [-0.05, 0) is 44.9 Å². The Hall–Kier alpha value is -3.86. The molecule has 12 heteroatoms. The van der Waals surface area contributed by atoms with Crippen LogP contribution in [0.4, 0.5) is 0 Å². The molecule has 0 rings (SSSR count). The molecule has 0 spiro atoms. The zero-order valence-corrected chi connectivity index (χ0v) is 31.7. The summed E-state index contributed by atoms with van der Waals surface area (Å²) in [6, 6.07) is -1.54. The predicted molar refractivity (Wildman–Crippen MR) is 207 cm³/mol. The molecule has 4 N–H and O–H groups in total. The van der Waals surface area contributed by atoms with Crippen molar-refractivity contribution in [2.75, 3.05) is 19.8 Å². The van der Waals surface area contributed by atoms with Crippen LogP contribution in [0.1, 0.15) is 90.9 Å². The highest BCUT2D eigenvalue weighted by Crippen LogP contribution is 2.43. The van der Waals surface area contributed by atoms with Crippen LogP contribution in [0.5, 0.6) is 0 Å². The summed E-state index contributed by atoms with van der Waals surface area (Å²) in [5.41, 5.74) is 5.30. The van der Waals surface area contributed by atoms with Crippen molar-refractivity contribution in [3.05, 3.63) is 109 Å². The van der Waals surface area contributed by atoms with Crippen LogP contribution in [0.3, 0.4) is 0 Å². The van der Waals surface area contributed by atoms with Crippen molar-refractivity contribution in [1.82, 2.24) is 0 Å². The number of phosphoric acid groups is 1. The van der Waals surface area contributed by atoms with E-state index < -0.39 is 57.7 Å². The van der Waals surface area contributed by atoms with Gasteiger partial charge in [0.15, 0.2) is 6.10 Å². The Morgan fingerprint density at radius 3 is 1.58 bits per heavy atom. The first-order valence-electron chi connectivity index (χ1n) is 18.0. The number of rotatable bonds is 31. The van der Waals surface area contributed by atoms with E-state index in [2.05, 4.69) is 36.6 Å². The molecular formula is C40H60NO10P. The second-order valence-electron chi connectivity index (χ2n) is 11.5. The van der Waals surface area contributed by atoms with Crippen LogP contribution in [0.25, 0.3) is 0 Å². The van der Waals surface area contributed by atoms with Crippen LogP contribution in [0.15, 0.2) is 109 Å². The van der Waals surface area contributed by atoms with E-state index in [-0.39, 0.29) is 12.8 Å². The van der Waals surface area contributed by atoms with E-state index in [0.29, 0.717) is 19.3 Å². The standard InChI is InChI=1S/C40H60NO10P/c1-3-5-7-9-11-13-15-17-18-20-21-23-25-27-29-31-38(42)48-33-36(34-49-52(46,47)50-35-37(41)40(44)45)51-39(43)32-30-28-26-24-22-19-16-14-12-10-8-6-4-2/h5-19,22,24,26,36-37H,3-4,20-21,23,25,27-35,41H2,1-2H3,(H,44,45)(H,46,47)/b7-5+,8-6+,11-9+,12-10+,15-13+,16-14+,18-17+,22-19+,26-24+/t36?,37-/m0/s1. The minimum atomic E-state index is -4.74. The third kappa shape index (κ3) is 33.3. The summed E-state index contributed by atoms with van der Waals surface area (Å²) in [5.74, 6) is -2.53. The monoisotopic (exact) mass is 745 g/mol. The number of carboxylic acids is 1. The number of ether oxygens (including phenoxy) is 2. The Balaban J connectivity index is 4.66. The molecule has 2 unspecified atom stereocenters. The van der Waals surface area contributed by atoms with Crippen molar-refractivity contribution >= 4 is 25.7 Å². The quantitative estimate of drug-likeness (QED) is 0.0268. The summed E-state index contributed by atoms with van der Waals surface area (Å²) in [4.78, 5) is 45.7. The first-order valence-corrected chi connectivity index (χ1v) is 19.5. The van der Waals surface area contributed by atoms with Gasteiger partial charge in [0.05, 0.1) is 13.2 Å². The molecule has 0 aliphatic rings. The van der Waals surface area contributed by atoms with E-state index in [0.717, 1.165) is 44.9 Å². The van der Waals surface area contributed by atoms with E-state index in [1.165, 1.54) is 0 Å². The van der Waals surface area contributed by atoms with Gasteiger partial charge in [0, 0.05) is 12.8 Å². The molecular weight excluding hydrogens is 685 g/mol. The number of carboxylic acid groups (broad SMARTS) is 1. The van der Waals surface area contributed by atoms with Crippen LogP contribution < -0.4 is 5.73 Å². The van der Waals surface area contributed by atoms with Gasteiger partial charge in [-0.25, -0.2) is 4.57 Å². The predicted octanol–water partition coefficient (Wildman–Crippen LogP) is 8.71. The third-order valence-electron chi connectivity index (χ3n) is 6.74. The Labute approximate surface area is 310 Å². The molecule has 0 aliphatic carbocycles. The highest BCUT2D eigenvalue weighted by Gasteiger charge is 2.28. The van der Waals surface area contributed by atoms with Crippen molar-refractivity contribution in [3.63, 3.8) is 0 Å². The number of carbonyl (C=O) groups is 3. The Kier molecular flexibility index (Phi) is 31.7. The van der Waals surface area contributed by atoms with Gasteiger partial charge in [-0.1, -0.05) is 142 Å². The number of phosphoric ester groups is 1. The fourth-order valence-electron chi connectivity index (χ4n) is 3.93. The van der Waals surface area contributed by atoms with Crippen LogP contribution in [0.2, 0.25) is 0 Å². The van der Waals surface area contributed by atoms with Gasteiger partial charge in [-0.2, -0.15) is 0 Å². The van der Waals surface area contributed by atoms with Gasteiger partial charge >= 0.3 is 25.7 Å². The zero-order chi connectivity index (χ0) is 38.5. The maximum Gasteiger partial charge on any atom is 0.472 e. The number of esters is 2. The lowest BCUT2D eigenvalue weighted by atomic mass is 10.1. The molecule has 11 nitrogen and oxygen atoms in total. The third-order valence-corrected chi connectivity index (χ3v) is 7.69. The van der Waals surface area contributed by atoms with Crippen LogP contribution >= 0.6 is 7.82 Å². The molecule has 290 valence electrons. The lowest BCUT2D eigenvalue weighted by Gasteiger charge is -2.20. The average molecular weight is 746 g/mol. The maximum atomic E-state index is 12.5. The smallest absolute Gasteiger partial charge is 0.472 e. The van der Waals surface area contributed by atoms with Gasteiger partial charge in [0.2, 0.25) is 0 Å². The Morgan fingerprint density at radius 1 is 0.596 bits per heavy atom. The fourth-order valence-corrected chi connectivity index (χ4v) is 4.70. The molecule has 0 saturated carbocycles. The van der Waals surface area contributed by atoms with Gasteiger partial charge in [-0.3, -0.25) is 23.4 Å². The molecule has 0 fully saturated rings. The fraction of sp³-hybridized carbons (Fsp3) is 0.475. The SMILES string of the molecule is CC/C=C/C=C/C=C/C=C/C=C/CCCC(=O)OC(COC(=O)CCCCCCC/C=C/C=C/C=C/C=C/CC)COP(=O)(O)OC[C@H](N)C(=O)O. The van der Waals surface area contributed by atoms with Crippen LogP contribution in [-0.2, 0) is 37.5 Å². The number of carbonyl (C=O) groups excluding carboxylic acids is 2. The number of unbranched alkanes of at least 4 members (excludes halogenated alkanes) is 6. The Bertz CT molecular complexity index is 1290. The maximum absolute atomic E-state index is 12.5. The molecule has 0 aromatic carbocycles. The zero-order valence-electron chi connectivity index (χ0n) is 30.8. The molecule has 0 saturated heterocycles. The topological polar surface area (TPSA) is 172 Å². The first kappa shape index (κ1) is 48.1. The molecule has 0 aliphatic heterocycles. The Morgan fingerprint density at radius 2 is 1.04 bits per heavy atom. The minimum Gasteiger partial charge on any atom is -0.480 e. The molecule has 3 atom stereocenters. The number of aliphatic carboxylic acids is 1. The molecule has 0 aromatic rings. The molecule has 52 heavy (non-hydrogen) atoms. The molecule has 0 heterocycles. The van der Waals surface area contributed by atoms with E-state index in [1.807, 2.05) is 91.1 Å². The van der Waals surface area contributed by atoms with Gasteiger partial charge in [0.25, 0.3) is 0 Å². The highest BCUT2D eigenvalue weighted by molar-refractivity contribution is 7.47. The largest absolute Gasteiger partial charge is 0.480 e. The van der Waals surface area contributed by atoms with Crippen molar-refractivity contribution in [2.45, 2.75) is 103 Å².